The minimum absolute atomic E-state index is 0.0204. The Balaban J connectivity index is 2.85. The van der Waals surface area contributed by atoms with Crippen molar-refractivity contribution in [3.05, 3.63) is 0 Å². The Morgan fingerprint density at radius 2 is 1.84 bits per heavy atom. The number of carbonyl (C=O) groups is 2. The van der Waals surface area contributed by atoms with E-state index in [1.807, 2.05) is 20.8 Å². The molecule has 5 nitrogen and oxygen atoms in total. The minimum Gasteiger partial charge on any atom is -0.382 e. The summed E-state index contributed by atoms with van der Waals surface area (Å²) in [6, 6.07) is 0. The number of hydrogen-bond acceptors (Lipinski definition) is 3. The molecule has 0 aromatic heterocycles. The van der Waals surface area contributed by atoms with E-state index in [2.05, 4.69) is 5.32 Å². The fraction of sp³-hybridized carbons (Fsp3) is 0.857. The first-order valence-electron chi connectivity index (χ1n) is 7.02. The van der Waals surface area contributed by atoms with Crippen LogP contribution < -0.4 is 5.32 Å². The van der Waals surface area contributed by atoms with Crippen molar-refractivity contribution < 1.29 is 14.3 Å². The zero-order valence-corrected chi connectivity index (χ0v) is 12.7. The van der Waals surface area contributed by atoms with E-state index >= 15 is 0 Å². The number of piperazine rings is 1. The Morgan fingerprint density at radius 1 is 1.21 bits per heavy atom. The smallest absolute Gasteiger partial charge is 0.248 e. The van der Waals surface area contributed by atoms with E-state index in [4.69, 9.17) is 4.74 Å². The lowest BCUT2D eigenvalue weighted by atomic mass is 9.86. The van der Waals surface area contributed by atoms with Crippen LogP contribution in [0.4, 0.5) is 0 Å². The number of nitrogens with one attached hydrogen (secondary N) is 1. The van der Waals surface area contributed by atoms with Crippen LogP contribution in [0.25, 0.3) is 0 Å². The largest absolute Gasteiger partial charge is 0.382 e. The predicted molar refractivity (Wildman–Crippen MR) is 73.7 cm³/mol. The lowest BCUT2D eigenvalue weighted by Gasteiger charge is -2.49. The van der Waals surface area contributed by atoms with Gasteiger partial charge in [-0.1, -0.05) is 6.92 Å². The third-order valence-corrected chi connectivity index (χ3v) is 3.85. The molecule has 1 N–H and O–H groups in total. The third-order valence-electron chi connectivity index (χ3n) is 3.85. The van der Waals surface area contributed by atoms with Gasteiger partial charge in [-0.25, -0.2) is 0 Å². The van der Waals surface area contributed by atoms with Crippen LogP contribution in [-0.2, 0) is 14.3 Å². The van der Waals surface area contributed by atoms with E-state index in [1.165, 1.54) is 0 Å². The van der Waals surface area contributed by atoms with Crippen LogP contribution in [0.5, 0.6) is 0 Å². The van der Waals surface area contributed by atoms with Gasteiger partial charge in [0.15, 0.2) is 0 Å². The summed E-state index contributed by atoms with van der Waals surface area (Å²) in [6.45, 7) is 11.0. The van der Waals surface area contributed by atoms with Crippen LogP contribution in [0.3, 0.4) is 0 Å². The molecule has 1 saturated heterocycles. The molecule has 0 aromatic carbocycles. The molecule has 0 aromatic rings. The Morgan fingerprint density at radius 3 is 2.37 bits per heavy atom. The van der Waals surface area contributed by atoms with Crippen molar-refractivity contribution in [1.82, 2.24) is 10.2 Å². The monoisotopic (exact) mass is 270 g/mol. The van der Waals surface area contributed by atoms with Crippen LogP contribution in [0.15, 0.2) is 0 Å². The minimum atomic E-state index is -0.822. The van der Waals surface area contributed by atoms with Gasteiger partial charge in [-0.2, -0.15) is 0 Å². The third kappa shape index (κ3) is 3.08. The second-order valence-electron chi connectivity index (χ2n) is 5.71. The Labute approximate surface area is 115 Å². The zero-order chi connectivity index (χ0) is 14.7. The molecule has 19 heavy (non-hydrogen) atoms. The fourth-order valence-electron chi connectivity index (χ4n) is 2.32. The normalized spacial score (nSPS) is 26.5. The number of nitrogens with zero attached hydrogens (tertiary/aromatic N) is 1. The standard InChI is InChI=1S/C14H26N2O3/c1-6-14(5)11(17)15-13(3,4)12(18)16(14)9-8-10-19-7-2/h6-10H2,1-5H3,(H,15,17). The van der Waals surface area contributed by atoms with Crippen molar-refractivity contribution >= 4 is 11.8 Å². The van der Waals surface area contributed by atoms with E-state index in [9.17, 15) is 9.59 Å². The quantitative estimate of drug-likeness (QED) is 0.741. The molecule has 1 heterocycles. The molecule has 1 atom stereocenters. The van der Waals surface area contributed by atoms with Gasteiger partial charge >= 0.3 is 0 Å². The lowest BCUT2D eigenvalue weighted by molar-refractivity contribution is -0.161. The van der Waals surface area contributed by atoms with Crippen LogP contribution in [0, 0.1) is 0 Å². The summed E-state index contributed by atoms with van der Waals surface area (Å²) < 4.78 is 5.30. The number of ether oxygens (including phenoxy) is 1. The highest BCUT2D eigenvalue weighted by Gasteiger charge is 2.51. The predicted octanol–water partition coefficient (Wildman–Crippen LogP) is 1.32. The molecule has 5 heteroatoms. The van der Waals surface area contributed by atoms with Crippen molar-refractivity contribution in [1.29, 1.82) is 0 Å². The molecule has 0 spiro atoms. The summed E-state index contributed by atoms with van der Waals surface area (Å²) in [6.07, 6.45) is 1.35. The summed E-state index contributed by atoms with van der Waals surface area (Å²) in [5.74, 6) is -0.0936. The molecule has 1 fully saturated rings. The van der Waals surface area contributed by atoms with Gasteiger partial charge in [0.1, 0.15) is 11.1 Å². The first kappa shape index (κ1) is 16.0. The summed E-state index contributed by atoms with van der Waals surface area (Å²) in [5, 5.41) is 2.82. The van der Waals surface area contributed by atoms with Gasteiger partial charge in [0.2, 0.25) is 11.8 Å². The van der Waals surface area contributed by atoms with E-state index in [0.29, 0.717) is 26.2 Å². The maximum absolute atomic E-state index is 12.5. The molecule has 110 valence electrons. The first-order chi connectivity index (χ1) is 8.79. The topological polar surface area (TPSA) is 58.6 Å². The second kappa shape index (κ2) is 5.90. The molecule has 1 aliphatic heterocycles. The summed E-state index contributed by atoms with van der Waals surface area (Å²) in [4.78, 5) is 26.5. The molecule has 1 rings (SSSR count). The van der Waals surface area contributed by atoms with E-state index < -0.39 is 11.1 Å². The first-order valence-corrected chi connectivity index (χ1v) is 7.02. The van der Waals surface area contributed by atoms with Gasteiger partial charge < -0.3 is 15.0 Å². The van der Waals surface area contributed by atoms with Crippen LogP contribution in [-0.4, -0.2) is 47.6 Å². The van der Waals surface area contributed by atoms with Crippen LogP contribution in [0.1, 0.15) is 47.5 Å². The molecular formula is C14H26N2O3. The number of hydrogen-bond donors (Lipinski definition) is 1. The number of amides is 2. The Bertz CT molecular complexity index is 355. The average molecular weight is 270 g/mol. The summed E-state index contributed by atoms with van der Waals surface area (Å²) in [5.41, 5.74) is -1.57. The number of carbonyl (C=O) groups excluding carboxylic acids is 2. The van der Waals surface area contributed by atoms with Crippen molar-refractivity contribution in [2.75, 3.05) is 19.8 Å². The van der Waals surface area contributed by atoms with Gasteiger partial charge in [-0.05, 0) is 40.5 Å². The van der Waals surface area contributed by atoms with E-state index in [-0.39, 0.29) is 11.8 Å². The maximum Gasteiger partial charge on any atom is 0.248 e. The van der Waals surface area contributed by atoms with Crippen LogP contribution in [0.2, 0.25) is 0 Å². The second-order valence-corrected chi connectivity index (χ2v) is 5.71. The molecular weight excluding hydrogens is 244 g/mol. The van der Waals surface area contributed by atoms with E-state index in [1.54, 1.807) is 18.7 Å². The zero-order valence-electron chi connectivity index (χ0n) is 12.7. The summed E-state index contributed by atoms with van der Waals surface area (Å²) >= 11 is 0. The molecule has 1 aliphatic rings. The summed E-state index contributed by atoms with van der Waals surface area (Å²) in [7, 11) is 0. The highest BCUT2D eigenvalue weighted by molar-refractivity contribution is 6.01. The van der Waals surface area contributed by atoms with Crippen molar-refractivity contribution in [2.24, 2.45) is 0 Å². The maximum atomic E-state index is 12.5. The van der Waals surface area contributed by atoms with Crippen molar-refractivity contribution in [3.8, 4) is 0 Å². The van der Waals surface area contributed by atoms with Gasteiger partial charge in [-0.15, -0.1) is 0 Å². The van der Waals surface area contributed by atoms with Crippen molar-refractivity contribution in [2.45, 2.75) is 58.5 Å². The molecule has 0 saturated carbocycles. The lowest BCUT2D eigenvalue weighted by Crippen LogP contribution is -2.73. The van der Waals surface area contributed by atoms with Gasteiger partial charge in [-0.3, -0.25) is 9.59 Å². The highest BCUT2D eigenvalue weighted by Crippen LogP contribution is 2.28. The van der Waals surface area contributed by atoms with Gasteiger partial charge in [0, 0.05) is 19.8 Å². The number of rotatable bonds is 6. The van der Waals surface area contributed by atoms with Crippen LogP contribution >= 0.6 is 0 Å². The Kier molecular flexibility index (Phi) is 4.96. The van der Waals surface area contributed by atoms with Gasteiger partial charge in [0.25, 0.3) is 0 Å². The average Bonchev–Trinajstić information content (AvgIpc) is 2.35. The Hall–Kier alpha value is -1.10. The van der Waals surface area contributed by atoms with E-state index in [0.717, 1.165) is 6.42 Å². The molecule has 2 amide bonds. The van der Waals surface area contributed by atoms with Gasteiger partial charge in [0.05, 0.1) is 0 Å². The molecule has 0 aliphatic carbocycles. The molecule has 1 unspecified atom stereocenters. The SMILES string of the molecule is CCOCCCN1C(=O)C(C)(C)NC(=O)C1(C)CC. The molecule has 0 radical (unpaired) electrons. The van der Waals surface area contributed by atoms with Crippen molar-refractivity contribution in [3.63, 3.8) is 0 Å². The highest BCUT2D eigenvalue weighted by atomic mass is 16.5. The fourth-order valence-corrected chi connectivity index (χ4v) is 2.32. The molecule has 0 bridgehead atoms.